The van der Waals surface area contributed by atoms with Crippen LogP contribution in [0.3, 0.4) is 0 Å². The lowest BCUT2D eigenvalue weighted by Crippen LogP contribution is -2.57. The summed E-state index contributed by atoms with van der Waals surface area (Å²) in [6, 6.07) is 7.74. The molecular weight excluding hydrogens is 554 g/mol. The molecule has 0 unspecified atom stereocenters. The number of nitrogens with zero attached hydrogens (tertiary/aromatic N) is 2. The third-order valence-electron chi connectivity index (χ3n) is 8.34. The summed E-state index contributed by atoms with van der Waals surface area (Å²) in [4.78, 5) is 55.7. The zero-order valence-corrected chi connectivity index (χ0v) is 22.2. The highest BCUT2D eigenvalue weighted by molar-refractivity contribution is 6.42. The Morgan fingerprint density at radius 3 is 2.05 bits per heavy atom. The molecule has 196 valence electrons. The number of carbonyl (C=O) groups excluding carboxylic acids is 4. The molecule has 7 rings (SSSR count). The van der Waals surface area contributed by atoms with E-state index in [1.54, 1.807) is 0 Å². The molecule has 38 heavy (non-hydrogen) atoms. The number of hydrazine groups is 1. The number of benzene rings is 2. The Morgan fingerprint density at radius 1 is 0.921 bits per heavy atom. The van der Waals surface area contributed by atoms with Crippen LogP contribution in [0.5, 0.6) is 0 Å². The van der Waals surface area contributed by atoms with E-state index in [1.165, 1.54) is 30.3 Å². The van der Waals surface area contributed by atoms with Crippen molar-refractivity contribution < 1.29 is 23.6 Å². The largest absolute Gasteiger partial charge is 0.292 e. The highest BCUT2D eigenvalue weighted by atomic mass is 35.5. The molecule has 3 fully saturated rings. The van der Waals surface area contributed by atoms with Gasteiger partial charge in [-0.3, -0.25) is 19.2 Å². The summed E-state index contributed by atoms with van der Waals surface area (Å²) in [5.74, 6) is -3.48. The second kappa shape index (κ2) is 9.47. The number of ketones is 1. The number of allylic oxidation sites excluding steroid dienone is 2. The van der Waals surface area contributed by atoms with Gasteiger partial charge in [0.2, 0.25) is 0 Å². The van der Waals surface area contributed by atoms with E-state index in [0.717, 1.165) is 28.6 Å². The van der Waals surface area contributed by atoms with Crippen LogP contribution in [0.4, 0.5) is 4.39 Å². The van der Waals surface area contributed by atoms with Crippen molar-refractivity contribution >= 4 is 58.3 Å². The fraction of sp³-hybridized carbons (Fsp3) is 0.357. The predicted molar refractivity (Wildman–Crippen MR) is 139 cm³/mol. The van der Waals surface area contributed by atoms with Crippen molar-refractivity contribution in [2.75, 3.05) is 5.88 Å². The van der Waals surface area contributed by atoms with Crippen LogP contribution in [0.25, 0.3) is 0 Å². The summed E-state index contributed by atoms with van der Waals surface area (Å²) in [5.41, 5.74) is 0.165. The third-order valence-corrected chi connectivity index (χ3v) is 9.30. The van der Waals surface area contributed by atoms with Gasteiger partial charge in [-0.2, -0.15) is 5.01 Å². The molecule has 10 heteroatoms. The van der Waals surface area contributed by atoms with E-state index in [2.05, 4.69) is 0 Å². The molecular formula is C28H22Cl3FN2O4. The first-order valence-electron chi connectivity index (χ1n) is 12.4. The molecule has 0 spiro atoms. The molecule has 1 heterocycles. The molecule has 2 aromatic rings. The molecule has 2 saturated carbocycles. The molecule has 2 bridgehead atoms. The average molecular weight is 576 g/mol. The van der Waals surface area contributed by atoms with Crippen LogP contribution in [-0.4, -0.2) is 45.4 Å². The first kappa shape index (κ1) is 25.5. The number of imide groups is 1. The highest BCUT2D eigenvalue weighted by Crippen LogP contribution is 2.65. The fourth-order valence-corrected chi connectivity index (χ4v) is 7.07. The third kappa shape index (κ3) is 3.90. The molecule has 0 aromatic heterocycles. The molecule has 6 nitrogen and oxygen atoms in total. The van der Waals surface area contributed by atoms with E-state index in [4.69, 9.17) is 34.8 Å². The molecule has 1 saturated heterocycles. The Bertz CT molecular complexity index is 1360. The maximum absolute atomic E-state index is 14.1. The van der Waals surface area contributed by atoms with Crippen molar-refractivity contribution in [1.82, 2.24) is 10.0 Å². The van der Waals surface area contributed by atoms with E-state index in [-0.39, 0.29) is 45.3 Å². The van der Waals surface area contributed by atoms with E-state index in [9.17, 15) is 23.6 Å². The maximum atomic E-state index is 14.1. The molecule has 0 radical (unpaired) electrons. The molecule has 4 aliphatic carbocycles. The topological polar surface area (TPSA) is 74.8 Å². The number of rotatable bonds is 7. The molecule has 2 aromatic carbocycles. The predicted octanol–water partition coefficient (Wildman–Crippen LogP) is 5.42. The summed E-state index contributed by atoms with van der Waals surface area (Å²) in [7, 11) is 0. The minimum Gasteiger partial charge on any atom is -0.292 e. The first-order valence-corrected chi connectivity index (χ1v) is 13.7. The normalized spacial score (nSPS) is 29.2. The number of Topliss-reactive ketones (excluding diaryl/α,β-unsaturated/α-hetero) is 1. The van der Waals surface area contributed by atoms with E-state index in [1.807, 2.05) is 12.2 Å². The summed E-state index contributed by atoms with van der Waals surface area (Å²) < 4.78 is 13.6. The van der Waals surface area contributed by atoms with Crippen LogP contribution in [0.1, 0.15) is 33.6 Å². The highest BCUT2D eigenvalue weighted by Gasteiger charge is 2.68. The average Bonchev–Trinajstić information content (AvgIpc) is 3.69. The van der Waals surface area contributed by atoms with Gasteiger partial charge in [0.1, 0.15) is 11.9 Å². The van der Waals surface area contributed by atoms with Crippen LogP contribution in [0.15, 0.2) is 54.6 Å². The van der Waals surface area contributed by atoms with Crippen LogP contribution < -0.4 is 0 Å². The SMILES string of the molecule is O=C(c1ccc(F)cc1)[C@H](CCCl)N(C(=O)c1ccc(Cl)c(Cl)c1)N1C(=O)[C@@H]2[C@H]3C=C[C@@H]([C@@H]4C[C@H]34)[C@@H]2C1=O. The molecule has 5 aliphatic rings. The lowest BCUT2D eigenvalue weighted by Gasteiger charge is -2.37. The van der Waals surface area contributed by atoms with Crippen LogP contribution in [0.2, 0.25) is 10.0 Å². The number of amides is 3. The Balaban J connectivity index is 1.45. The smallest absolute Gasteiger partial charge is 0.273 e. The fourth-order valence-electron chi connectivity index (χ4n) is 6.56. The summed E-state index contributed by atoms with van der Waals surface area (Å²) >= 11 is 18.3. The number of alkyl halides is 1. The Kier molecular flexibility index (Phi) is 6.36. The summed E-state index contributed by atoms with van der Waals surface area (Å²) in [5, 5.41) is 2.14. The van der Waals surface area contributed by atoms with Crippen molar-refractivity contribution in [3.63, 3.8) is 0 Å². The second-order valence-electron chi connectivity index (χ2n) is 10.3. The van der Waals surface area contributed by atoms with Crippen molar-refractivity contribution in [2.45, 2.75) is 18.9 Å². The zero-order valence-electron chi connectivity index (χ0n) is 19.9. The Hall–Kier alpha value is -2.74. The molecule has 7 atom stereocenters. The minimum absolute atomic E-state index is 0.0389. The molecule has 0 N–H and O–H groups in total. The van der Waals surface area contributed by atoms with Crippen molar-refractivity contribution in [3.8, 4) is 0 Å². The lowest BCUT2D eigenvalue weighted by atomic mass is 9.63. The van der Waals surface area contributed by atoms with E-state index < -0.39 is 47.2 Å². The number of halogens is 4. The first-order chi connectivity index (χ1) is 18.2. The monoisotopic (exact) mass is 574 g/mol. The van der Waals surface area contributed by atoms with Gasteiger partial charge in [0.25, 0.3) is 17.7 Å². The van der Waals surface area contributed by atoms with Crippen molar-refractivity contribution in [3.05, 3.63) is 81.6 Å². The van der Waals surface area contributed by atoms with E-state index in [0.29, 0.717) is 11.8 Å². The van der Waals surface area contributed by atoms with Gasteiger partial charge in [0.05, 0.1) is 21.9 Å². The van der Waals surface area contributed by atoms with Crippen molar-refractivity contribution in [1.29, 1.82) is 0 Å². The van der Waals surface area contributed by atoms with Gasteiger partial charge in [-0.1, -0.05) is 35.4 Å². The Labute approximate surface area is 233 Å². The lowest BCUT2D eigenvalue weighted by molar-refractivity contribution is -0.157. The van der Waals surface area contributed by atoms with Gasteiger partial charge >= 0.3 is 0 Å². The standard InChI is InChI=1S/C28H22Cl3FN2O4/c29-10-9-22(25(35)13-1-4-15(32)5-2-13)33(26(36)14-3-8-20(30)21(31)11-14)34-27(37)23-16-6-7-17(19-12-18(16)19)24(23)28(34)38/h1-8,11,16-19,22-24H,9-10,12H2/t16-,17-,18-,19+,22-,23-,24+/m0/s1. The minimum atomic E-state index is -1.30. The zero-order chi connectivity index (χ0) is 26.9. The van der Waals surface area contributed by atoms with Gasteiger partial charge < -0.3 is 0 Å². The quantitative estimate of drug-likeness (QED) is 0.191. The molecule has 3 amide bonds. The Morgan fingerprint density at radius 2 is 1.50 bits per heavy atom. The van der Waals surface area contributed by atoms with E-state index >= 15 is 0 Å². The van der Waals surface area contributed by atoms with Crippen molar-refractivity contribution in [2.24, 2.45) is 35.5 Å². The summed E-state index contributed by atoms with van der Waals surface area (Å²) in [6.07, 6.45) is 4.99. The van der Waals surface area contributed by atoms with Crippen LogP contribution >= 0.6 is 34.8 Å². The maximum Gasteiger partial charge on any atom is 0.273 e. The number of carbonyl (C=O) groups is 4. The van der Waals surface area contributed by atoms with Gasteiger partial charge in [0.15, 0.2) is 5.78 Å². The van der Waals surface area contributed by atoms with Gasteiger partial charge in [-0.25, -0.2) is 9.40 Å². The van der Waals surface area contributed by atoms with Crippen LogP contribution in [0, 0.1) is 41.3 Å². The summed E-state index contributed by atoms with van der Waals surface area (Å²) in [6.45, 7) is 0. The van der Waals surface area contributed by atoms with Gasteiger partial charge in [-0.15, -0.1) is 11.6 Å². The second-order valence-corrected chi connectivity index (χ2v) is 11.5. The van der Waals surface area contributed by atoms with Gasteiger partial charge in [-0.05, 0) is 79.0 Å². The number of hydrogen-bond acceptors (Lipinski definition) is 4. The van der Waals surface area contributed by atoms with Gasteiger partial charge in [0, 0.05) is 17.0 Å². The number of hydrogen-bond donors (Lipinski definition) is 0. The van der Waals surface area contributed by atoms with Crippen LogP contribution in [-0.2, 0) is 9.59 Å². The molecule has 1 aliphatic heterocycles.